The van der Waals surface area contributed by atoms with Gasteiger partial charge < -0.3 is 9.84 Å². The lowest BCUT2D eigenvalue weighted by Crippen LogP contribution is -2.26. The van der Waals surface area contributed by atoms with Crippen LogP contribution in [0.2, 0.25) is 0 Å². The van der Waals surface area contributed by atoms with E-state index < -0.39 is 5.97 Å². The maximum Gasteiger partial charge on any atom is 0.303 e. The van der Waals surface area contributed by atoms with Gasteiger partial charge in [0.25, 0.3) is 0 Å². The Kier molecular flexibility index (Phi) is 5.86. The number of hydrogen-bond acceptors (Lipinski definition) is 3. The minimum atomic E-state index is -0.693. The number of carbonyl (C=O) groups is 1. The van der Waals surface area contributed by atoms with Crippen molar-refractivity contribution in [2.75, 3.05) is 26.2 Å². The number of carboxylic acid groups (broad SMARTS) is 1. The summed E-state index contributed by atoms with van der Waals surface area (Å²) in [5.41, 5.74) is 0. The fraction of sp³-hybridized carbons (Fsp3) is 0.533. The molecule has 0 bridgehead atoms. The normalized spacial score (nSPS) is 19.1. The van der Waals surface area contributed by atoms with Gasteiger partial charge in [0.2, 0.25) is 0 Å². The Morgan fingerprint density at radius 3 is 2.85 bits per heavy atom. The number of halogens is 1. The molecule has 0 aliphatic carbocycles. The summed E-state index contributed by atoms with van der Waals surface area (Å²) in [6.07, 6.45) is 2.18. The van der Waals surface area contributed by atoms with Gasteiger partial charge in [-0.15, -0.1) is 0 Å². The SMILES string of the molecule is O=C(O)CCC1CCN(CCOc2ccc(Br)cc2)C1. The zero-order valence-corrected chi connectivity index (χ0v) is 13.0. The van der Waals surface area contributed by atoms with Crippen LogP contribution in [-0.4, -0.2) is 42.2 Å². The molecule has 0 radical (unpaired) electrons. The van der Waals surface area contributed by atoms with Crippen LogP contribution >= 0.6 is 15.9 Å². The predicted molar refractivity (Wildman–Crippen MR) is 81.1 cm³/mol. The van der Waals surface area contributed by atoms with Crippen LogP contribution in [0.15, 0.2) is 28.7 Å². The zero-order valence-electron chi connectivity index (χ0n) is 11.4. The predicted octanol–water partition coefficient (Wildman–Crippen LogP) is 3.01. The van der Waals surface area contributed by atoms with Gasteiger partial charge in [0.15, 0.2) is 0 Å². The molecule has 4 nitrogen and oxygen atoms in total. The second kappa shape index (κ2) is 7.64. The molecule has 1 saturated heterocycles. The first kappa shape index (κ1) is 15.3. The number of hydrogen-bond donors (Lipinski definition) is 1. The molecule has 0 aromatic heterocycles. The molecule has 2 rings (SSSR count). The van der Waals surface area contributed by atoms with Crippen LogP contribution in [0.5, 0.6) is 5.75 Å². The van der Waals surface area contributed by atoms with E-state index in [2.05, 4.69) is 20.8 Å². The highest BCUT2D eigenvalue weighted by Gasteiger charge is 2.22. The number of nitrogens with zero attached hydrogens (tertiary/aromatic N) is 1. The van der Waals surface area contributed by atoms with E-state index in [0.717, 1.165) is 42.7 Å². The average molecular weight is 342 g/mol. The van der Waals surface area contributed by atoms with Gasteiger partial charge in [-0.05, 0) is 49.6 Å². The molecular formula is C15H20BrNO3. The van der Waals surface area contributed by atoms with Crippen LogP contribution in [0, 0.1) is 5.92 Å². The molecule has 1 fully saturated rings. The lowest BCUT2D eigenvalue weighted by molar-refractivity contribution is -0.137. The van der Waals surface area contributed by atoms with E-state index in [0.29, 0.717) is 12.5 Å². The van der Waals surface area contributed by atoms with Gasteiger partial charge in [0.1, 0.15) is 12.4 Å². The molecule has 0 spiro atoms. The van der Waals surface area contributed by atoms with Gasteiger partial charge in [0.05, 0.1) is 0 Å². The van der Waals surface area contributed by atoms with E-state index in [1.54, 1.807) is 0 Å². The van der Waals surface area contributed by atoms with E-state index in [-0.39, 0.29) is 6.42 Å². The Morgan fingerprint density at radius 1 is 1.40 bits per heavy atom. The molecule has 1 atom stereocenters. The highest BCUT2D eigenvalue weighted by atomic mass is 79.9. The second-order valence-electron chi connectivity index (χ2n) is 5.19. The van der Waals surface area contributed by atoms with Crippen molar-refractivity contribution in [1.29, 1.82) is 0 Å². The number of aliphatic carboxylic acids is 1. The fourth-order valence-corrected chi connectivity index (χ4v) is 2.77. The highest BCUT2D eigenvalue weighted by Crippen LogP contribution is 2.21. The topological polar surface area (TPSA) is 49.8 Å². The second-order valence-corrected chi connectivity index (χ2v) is 6.11. The average Bonchev–Trinajstić information content (AvgIpc) is 2.87. The molecule has 1 aromatic rings. The van der Waals surface area contributed by atoms with Crippen LogP contribution in [0.1, 0.15) is 19.3 Å². The molecule has 110 valence electrons. The molecule has 1 aromatic carbocycles. The third-order valence-corrected chi connectivity index (χ3v) is 4.15. The zero-order chi connectivity index (χ0) is 14.4. The third-order valence-electron chi connectivity index (χ3n) is 3.63. The van der Waals surface area contributed by atoms with E-state index in [1.165, 1.54) is 0 Å². The van der Waals surface area contributed by atoms with Crippen molar-refractivity contribution in [3.63, 3.8) is 0 Å². The number of benzene rings is 1. The van der Waals surface area contributed by atoms with E-state index >= 15 is 0 Å². The summed E-state index contributed by atoms with van der Waals surface area (Å²) in [7, 11) is 0. The van der Waals surface area contributed by atoms with Crippen LogP contribution in [0.4, 0.5) is 0 Å². The van der Waals surface area contributed by atoms with Crippen molar-refractivity contribution in [1.82, 2.24) is 4.90 Å². The number of carboxylic acids is 1. The molecule has 1 aliphatic heterocycles. The van der Waals surface area contributed by atoms with Crippen molar-refractivity contribution < 1.29 is 14.6 Å². The summed E-state index contributed by atoms with van der Waals surface area (Å²) in [5.74, 6) is 0.718. The summed E-state index contributed by atoms with van der Waals surface area (Å²) < 4.78 is 6.75. The molecule has 20 heavy (non-hydrogen) atoms. The first-order valence-corrected chi connectivity index (χ1v) is 7.75. The van der Waals surface area contributed by atoms with Crippen molar-refractivity contribution in [3.8, 4) is 5.75 Å². The van der Waals surface area contributed by atoms with Crippen molar-refractivity contribution in [3.05, 3.63) is 28.7 Å². The smallest absolute Gasteiger partial charge is 0.303 e. The van der Waals surface area contributed by atoms with E-state index in [9.17, 15) is 4.79 Å². The van der Waals surface area contributed by atoms with Gasteiger partial charge in [-0.25, -0.2) is 0 Å². The van der Waals surface area contributed by atoms with Crippen molar-refractivity contribution in [2.24, 2.45) is 5.92 Å². The summed E-state index contributed by atoms with van der Waals surface area (Å²) in [6, 6.07) is 7.83. The van der Waals surface area contributed by atoms with Crippen molar-refractivity contribution >= 4 is 21.9 Å². The Balaban J connectivity index is 1.63. The molecule has 1 N–H and O–H groups in total. The minimum Gasteiger partial charge on any atom is -0.492 e. The highest BCUT2D eigenvalue weighted by molar-refractivity contribution is 9.10. The molecule has 1 heterocycles. The summed E-state index contributed by atoms with van der Waals surface area (Å²) in [5, 5.41) is 8.69. The van der Waals surface area contributed by atoms with Crippen LogP contribution in [-0.2, 0) is 4.79 Å². The Bertz CT molecular complexity index is 435. The minimum absolute atomic E-state index is 0.286. The standard InChI is InChI=1S/C15H20BrNO3/c16-13-2-4-14(5-3-13)20-10-9-17-8-7-12(11-17)1-6-15(18)19/h2-5,12H,1,6-11H2,(H,18,19). The fourth-order valence-electron chi connectivity index (χ4n) is 2.50. The number of ether oxygens (including phenoxy) is 1. The number of rotatable bonds is 7. The number of likely N-dealkylation sites (tertiary alicyclic amines) is 1. The van der Waals surface area contributed by atoms with Crippen molar-refractivity contribution in [2.45, 2.75) is 19.3 Å². The molecule has 1 unspecified atom stereocenters. The summed E-state index contributed by atoms with van der Waals surface area (Å²) in [6.45, 7) is 3.62. The van der Waals surface area contributed by atoms with Gasteiger partial charge >= 0.3 is 5.97 Å². The van der Waals surface area contributed by atoms with Gasteiger partial charge in [0, 0.05) is 24.0 Å². The van der Waals surface area contributed by atoms with Gasteiger partial charge in [-0.2, -0.15) is 0 Å². The summed E-state index contributed by atoms with van der Waals surface area (Å²) in [4.78, 5) is 12.9. The third kappa shape index (κ3) is 5.13. The Labute approximate surface area is 127 Å². The maximum absolute atomic E-state index is 10.6. The maximum atomic E-state index is 10.6. The quantitative estimate of drug-likeness (QED) is 0.828. The Hall–Kier alpha value is -1.07. The Morgan fingerprint density at radius 2 is 2.15 bits per heavy atom. The molecule has 1 aliphatic rings. The van der Waals surface area contributed by atoms with E-state index in [4.69, 9.17) is 9.84 Å². The largest absolute Gasteiger partial charge is 0.492 e. The summed E-state index contributed by atoms with van der Waals surface area (Å²) >= 11 is 3.39. The molecular weight excluding hydrogens is 322 g/mol. The molecule has 0 amide bonds. The van der Waals surface area contributed by atoms with Crippen LogP contribution in [0.3, 0.4) is 0 Å². The first-order valence-electron chi connectivity index (χ1n) is 6.96. The van der Waals surface area contributed by atoms with Crippen LogP contribution in [0.25, 0.3) is 0 Å². The monoisotopic (exact) mass is 341 g/mol. The van der Waals surface area contributed by atoms with Gasteiger partial charge in [-0.1, -0.05) is 15.9 Å². The van der Waals surface area contributed by atoms with E-state index in [1.807, 2.05) is 24.3 Å². The lowest BCUT2D eigenvalue weighted by atomic mass is 10.0. The first-order chi connectivity index (χ1) is 9.63. The van der Waals surface area contributed by atoms with Gasteiger partial charge in [-0.3, -0.25) is 9.69 Å². The van der Waals surface area contributed by atoms with Crippen LogP contribution < -0.4 is 4.74 Å². The molecule has 0 saturated carbocycles. The molecule has 5 heteroatoms. The lowest BCUT2D eigenvalue weighted by Gasteiger charge is -2.16.